The third kappa shape index (κ3) is 3.91. The zero-order valence-corrected chi connectivity index (χ0v) is 15.6. The van der Waals surface area contributed by atoms with Crippen LogP contribution >= 0.6 is 22.9 Å². The van der Waals surface area contributed by atoms with Crippen molar-refractivity contribution in [2.24, 2.45) is 5.41 Å². The van der Waals surface area contributed by atoms with Gasteiger partial charge in [0.1, 0.15) is 4.34 Å². The van der Waals surface area contributed by atoms with Gasteiger partial charge in [-0.05, 0) is 11.1 Å². The number of carbonyl (C=O) groups excluding carboxylic acids is 1. The van der Waals surface area contributed by atoms with Crippen LogP contribution in [-0.2, 0) is 4.79 Å². The maximum atomic E-state index is 13.0. The molecule has 1 N–H and O–H groups in total. The fraction of sp³-hybridized carbons (Fsp3) is 0.200. The third-order valence-corrected chi connectivity index (χ3v) is 5.30. The first-order chi connectivity index (χ1) is 12.0. The summed E-state index contributed by atoms with van der Waals surface area (Å²) in [5.74, 6) is -0.165. The molecule has 0 saturated carbocycles. The van der Waals surface area contributed by atoms with Gasteiger partial charge >= 0.3 is 0 Å². The van der Waals surface area contributed by atoms with E-state index in [-0.39, 0.29) is 11.8 Å². The third-order valence-electron chi connectivity index (χ3n) is 4.27. The molecule has 3 nitrogen and oxygen atoms in total. The number of hydrogen-bond acceptors (Lipinski definition) is 3. The summed E-state index contributed by atoms with van der Waals surface area (Å²) in [4.78, 5) is 17.2. The highest BCUT2D eigenvalue weighted by atomic mass is 35.5. The van der Waals surface area contributed by atoms with Crippen molar-refractivity contribution >= 4 is 34.0 Å². The lowest BCUT2D eigenvalue weighted by Gasteiger charge is -2.33. The summed E-state index contributed by atoms with van der Waals surface area (Å²) in [5.41, 5.74) is 1.53. The van der Waals surface area contributed by atoms with Gasteiger partial charge in [-0.25, -0.2) is 4.98 Å². The van der Waals surface area contributed by atoms with Gasteiger partial charge in [0.2, 0.25) is 5.91 Å². The van der Waals surface area contributed by atoms with E-state index in [1.54, 1.807) is 6.20 Å². The second-order valence-corrected chi connectivity index (χ2v) is 8.06. The van der Waals surface area contributed by atoms with E-state index in [1.165, 1.54) is 11.3 Å². The van der Waals surface area contributed by atoms with Gasteiger partial charge in [0, 0.05) is 5.92 Å². The maximum Gasteiger partial charge on any atom is 0.232 e. The van der Waals surface area contributed by atoms with E-state index in [4.69, 9.17) is 11.6 Å². The molecule has 0 saturated heterocycles. The largest absolute Gasteiger partial charge is 0.301 e. The zero-order valence-electron chi connectivity index (χ0n) is 14.1. The van der Waals surface area contributed by atoms with E-state index in [0.717, 1.165) is 11.1 Å². The van der Waals surface area contributed by atoms with E-state index in [1.807, 2.05) is 50.2 Å². The van der Waals surface area contributed by atoms with Crippen LogP contribution in [0.4, 0.5) is 5.13 Å². The molecule has 0 atom stereocenters. The number of anilines is 1. The Labute approximate surface area is 156 Å². The second kappa shape index (κ2) is 7.38. The van der Waals surface area contributed by atoms with E-state index in [0.29, 0.717) is 9.47 Å². The molecular formula is C20H19ClN2OS. The van der Waals surface area contributed by atoms with Crippen LogP contribution in [0, 0.1) is 5.41 Å². The van der Waals surface area contributed by atoms with Crippen LogP contribution in [0.1, 0.15) is 30.9 Å². The van der Waals surface area contributed by atoms with Gasteiger partial charge in [0.15, 0.2) is 5.13 Å². The molecule has 3 rings (SSSR count). The number of halogens is 1. The summed E-state index contributed by atoms with van der Waals surface area (Å²) in [6, 6.07) is 20.2. The fourth-order valence-corrected chi connectivity index (χ4v) is 3.83. The van der Waals surface area contributed by atoms with Crippen LogP contribution in [-0.4, -0.2) is 10.9 Å². The van der Waals surface area contributed by atoms with Crippen LogP contribution < -0.4 is 5.32 Å². The van der Waals surface area contributed by atoms with Gasteiger partial charge in [-0.1, -0.05) is 97.4 Å². The molecule has 1 amide bonds. The molecule has 0 bridgehead atoms. The minimum atomic E-state index is -0.680. The normalized spacial score (nSPS) is 11.5. The van der Waals surface area contributed by atoms with Crippen molar-refractivity contribution in [2.45, 2.75) is 19.8 Å². The number of rotatable bonds is 5. The topological polar surface area (TPSA) is 42.0 Å². The first-order valence-corrected chi connectivity index (χ1v) is 9.20. The summed E-state index contributed by atoms with van der Waals surface area (Å²) in [6.45, 7) is 3.92. The minimum absolute atomic E-state index is 0.0784. The average molecular weight is 371 g/mol. The molecule has 0 aliphatic carbocycles. The average Bonchev–Trinajstić information content (AvgIpc) is 3.01. The van der Waals surface area contributed by atoms with Crippen molar-refractivity contribution in [3.8, 4) is 0 Å². The molecule has 25 heavy (non-hydrogen) atoms. The SMILES string of the molecule is CC(C)(C(=O)Nc1ncc(Cl)s1)C(c1ccccc1)c1ccccc1. The first-order valence-electron chi connectivity index (χ1n) is 8.01. The fourth-order valence-electron chi connectivity index (χ4n) is 3.02. The minimum Gasteiger partial charge on any atom is -0.301 e. The Morgan fingerprint density at radius 3 is 2.00 bits per heavy atom. The summed E-state index contributed by atoms with van der Waals surface area (Å²) < 4.78 is 0.552. The number of hydrogen-bond donors (Lipinski definition) is 1. The Morgan fingerprint density at radius 2 is 1.56 bits per heavy atom. The Kier molecular flexibility index (Phi) is 5.21. The molecule has 5 heteroatoms. The van der Waals surface area contributed by atoms with Crippen LogP contribution in [0.2, 0.25) is 4.34 Å². The van der Waals surface area contributed by atoms with Crippen molar-refractivity contribution in [1.29, 1.82) is 0 Å². The summed E-state index contributed by atoms with van der Waals surface area (Å²) in [5, 5.41) is 3.42. The van der Waals surface area contributed by atoms with Crippen molar-refractivity contribution < 1.29 is 4.79 Å². The van der Waals surface area contributed by atoms with Crippen LogP contribution in [0.25, 0.3) is 0 Å². The Hall–Kier alpha value is -2.17. The molecule has 0 spiro atoms. The summed E-state index contributed by atoms with van der Waals surface area (Å²) >= 11 is 7.18. The quantitative estimate of drug-likeness (QED) is 0.635. The predicted molar refractivity (Wildman–Crippen MR) is 104 cm³/mol. The van der Waals surface area contributed by atoms with Crippen molar-refractivity contribution in [3.05, 3.63) is 82.3 Å². The summed E-state index contributed by atoms with van der Waals surface area (Å²) in [7, 11) is 0. The molecule has 0 aliphatic rings. The molecule has 128 valence electrons. The van der Waals surface area contributed by atoms with E-state index in [9.17, 15) is 4.79 Å². The smallest absolute Gasteiger partial charge is 0.232 e. The van der Waals surface area contributed by atoms with Gasteiger partial charge in [-0.2, -0.15) is 0 Å². The molecule has 1 heterocycles. The number of nitrogens with zero attached hydrogens (tertiary/aromatic N) is 1. The Morgan fingerprint density at radius 1 is 1.04 bits per heavy atom. The lowest BCUT2D eigenvalue weighted by molar-refractivity contribution is -0.124. The predicted octanol–water partition coefficient (Wildman–Crippen LogP) is 5.59. The van der Waals surface area contributed by atoms with Crippen LogP contribution in [0.3, 0.4) is 0 Å². The molecule has 0 unspecified atom stereocenters. The highest BCUT2D eigenvalue weighted by Gasteiger charge is 2.39. The standard InChI is InChI=1S/C20H19ClN2OS/c1-20(2,18(24)23-19-22-13-16(21)25-19)17(14-9-5-3-6-10-14)15-11-7-4-8-12-15/h3-13,17H,1-2H3,(H,22,23,24). The molecule has 3 aromatic rings. The first kappa shape index (κ1) is 17.6. The molecule has 1 aromatic heterocycles. The number of amides is 1. The van der Waals surface area contributed by atoms with Crippen LogP contribution in [0.15, 0.2) is 66.9 Å². The van der Waals surface area contributed by atoms with E-state index in [2.05, 4.69) is 34.6 Å². The molecule has 0 fully saturated rings. The number of nitrogens with one attached hydrogen (secondary N) is 1. The van der Waals surface area contributed by atoms with Gasteiger partial charge in [0.05, 0.1) is 11.6 Å². The zero-order chi connectivity index (χ0) is 17.9. The molecule has 0 radical (unpaired) electrons. The number of carbonyl (C=O) groups is 1. The molecule has 2 aromatic carbocycles. The van der Waals surface area contributed by atoms with E-state index < -0.39 is 5.41 Å². The molecular weight excluding hydrogens is 352 g/mol. The van der Waals surface area contributed by atoms with Crippen molar-refractivity contribution in [1.82, 2.24) is 4.98 Å². The van der Waals surface area contributed by atoms with Gasteiger partial charge < -0.3 is 5.32 Å². The maximum absolute atomic E-state index is 13.0. The lowest BCUT2D eigenvalue weighted by Crippen LogP contribution is -2.37. The van der Waals surface area contributed by atoms with E-state index >= 15 is 0 Å². The second-order valence-electron chi connectivity index (χ2n) is 6.40. The Bertz CT molecular complexity index is 807. The van der Waals surface area contributed by atoms with Crippen molar-refractivity contribution in [2.75, 3.05) is 5.32 Å². The lowest BCUT2D eigenvalue weighted by atomic mass is 9.70. The number of thiazole rings is 1. The molecule has 0 aliphatic heterocycles. The van der Waals surface area contributed by atoms with Crippen molar-refractivity contribution in [3.63, 3.8) is 0 Å². The van der Waals surface area contributed by atoms with Gasteiger partial charge in [-0.3, -0.25) is 4.79 Å². The van der Waals surface area contributed by atoms with Gasteiger partial charge in [0.25, 0.3) is 0 Å². The highest BCUT2D eigenvalue weighted by molar-refractivity contribution is 7.19. The number of aromatic nitrogens is 1. The monoisotopic (exact) mass is 370 g/mol. The highest BCUT2D eigenvalue weighted by Crippen LogP contribution is 2.42. The summed E-state index contributed by atoms with van der Waals surface area (Å²) in [6.07, 6.45) is 1.54. The van der Waals surface area contributed by atoms with Gasteiger partial charge in [-0.15, -0.1) is 0 Å². The Balaban J connectivity index is 1.97. The van der Waals surface area contributed by atoms with Crippen LogP contribution in [0.5, 0.6) is 0 Å². The number of benzene rings is 2.